The lowest BCUT2D eigenvalue weighted by molar-refractivity contribution is 0.301. The number of ether oxygens (including phenoxy) is 1. The molecule has 1 nitrogen and oxygen atoms in total. The average Bonchev–Trinajstić information content (AvgIpc) is 2.63. The Morgan fingerprint density at radius 3 is 2.17 bits per heavy atom. The lowest BCUT2D eigenvalue weighted by Gasteiger charge is -2.20. The van der Waals surface area contributed by atoms with E-state index >= 15 is 0 Å². The number of benzene rings is 3. The minimum Gasteiger partial charge on any atom is -0.489 e. The Labute approximate surface area is 144 Å². The lowest BCUT2D eigenvalue weighted by Crippen LogP contribution is -2.05. The number of aryl methyl sites for hydroxylation is 1. The van der Waals surface area contributed by atoms with Crippen LogP contribution in [0.3, 0.4) is 0 Å². The molecule has 0 heterocycles. The van der Waals surface area contributed by atoms with Gasteiger partial charge in [0.15, 0.2) is 0 Å². The fourth-order valence-electron chi connectivity index (χ4n) is 3.13. The highest BCUT2D eigenvalue weighted by Crippen LogP contribution is 2.35. The van der Waals surface area contributed by atoms with Crippen molar-refractivity contribution in [2.75, 3.05) is 0 Å². The van der Waals surface area contributed by atoms with Crippen LogP contribution in [-0.4, -0.2) is 0 Å². The Morgan fingerprint density at radius 2 is 1.50 bits per heavy atom. The summed E-state index contributed by atoms with van der Waals surface area (Å²) in [5, 5.41) is 0. The summed E-state index contributed by atoms with van der Waals surface area (Å²) in [6, 6.07) is 27.5. The maximum atomic E-state index is 6.18. The molecule has 0 amide bonds. The zero-order chi connectivity index (χ0) is 16.8. The first-order valence-electron chi connectivity index (χ1n) is 8.60. The summed E-state index contributed by atoms with van der Waals surface area (Å²) in [5.74, 6) is 1.34. The minimum atomic E-state index is 0.358. The van der Waals surface area contributed by atoms with Gasteiger partial charge in [0.2, 0.25) is 0 Å². The zero-order valence-electron chi connectivity index (χ0n) is 14.4. The summed E-state index contributed by atoms with van der Waals surface area (Å²) < 4.78 is 6.18. The molecule has 0 aromatic heterocycles. The number of hydrogen-bond acceptors (Lipinski definition) is 1. The van der Waals surface area contributed by atoms with Gasteiger partial charge in [-0.2, -0.15) is 0 Å². The molecule has 1 atom stereocenters. The molecule has 0 saturated heterocycles. The van der Waals surface area contributed by atoms with Crippen molar-refractivity contribution in [2.24, 2.45) is 0 Å². The average molecular weight is 316 g/mol. The molecule has 0 radical (unpaired) electrons. The predicted octanol–water partition coefficient (Wildman–Crippen LogP) is 6.12. The molecule has 1 heteroatoms. The van der Waals surface area contributed by atoms with E-state index in [1.54, 1.807) is 0 Å². The summed E-state index contributed by atoms with van der Waals surface area (Å²) in [7, 11) is 0. The van der Waals surface area contributed by atoms with Crippen LogP contribution in [0.4, 0.5) is 0 Å². The van der Waals surface area contributed by atoms with E-state index in [9.17, 15) is 0 Å². The minimum absolute atomic E-state index is 0.358. The predicted molar refractivity (Wildman–Crippen MR) is 101 cm³/mol. The number of hydrogen-bond donors (Lipinski definition) is 0. The van der Waals surface area contributed by atoms with Gasteiger partial charge >= 0.3 is 0 Å². The van der Waals surface area contributed by atoms with E-state index < -0.39 is 0 Å². The smallest absolute Gasteiger partial charge is 0.123 e. The monoisotopic (exact) mass is 316 g/mol. The molecular formula is C23H24O. The van der Waals surface area contributed by atoms with Gasteiger partial charge in [0, 0.05) is 11.5 Å². The lowest BCUT2D eigenvalue weighted by atomic mass is 9.88. The second kappa shape index (κ2) is 7.83. The van der Waals surface area contributed by atoms with Crippen LogP contribution in [0.15, 0.2) is 78.9 Å². The second-order valence-electron chi connectivity index (χ2n) is 6.19. The van der Waals surface area contributed by atoms with Gasteiger partial charge < -0.3 is 4.74 Å². The molecule has 0 N–H and O–H groups in total. The van der Waals surface area contributed by atoms with Crippen LogP contribution >= 0.6 is 0 Å². The van der Waals surface area contributed by atoms with Crippen molar-refractivity contribution >= 4 is 0 Å². The van der Waals surface area contributed by atoms with Crippen LogP contribution < -0.4 is 4.74 Å². The molecule has 0 aliphatic heterocycles. The molecule has 0 bridgehead atoms. The summed E-state index contributed by atoms with van der Waals surface area (Å²) in [6.07, 6.45) is 1.05. The van der Waals surface area contributed by atoms with E-state index in [1.807, 2.05) is 18.2 Å². The first kappa shape index (κ1) is 16.3. The van der Waals surface area contributed by atoms with E-state index in [0.29, 0.717) is 12.5 Å². The standard InChI is InChI=1S/C23H24O/c1-3-21(20-12-8-5-9-13-20)22-16-18(2)14-15-23(22)24-17-19-10-6-4-7-11-19/h4-16,21H,3,17H2,1-2H3/t21-/m1/s1. The van der Waals surface area contributed by atoms with Gasteiger partial charge in [-0.15, -0.1) is 0 Å². The molecule has 0 fully saturated rings. The van der Waals surface area contributed by atoms with Gasteiger partial charge in [-0.3, -0.25) is 0 Å². The third-order valence-corrected chi connectivity index (χ3v) is 4.39. The van der Waals surface area contributed by atoms with Gasteiger partial charge in [0.25, 0.3) is 0 Å². The summed E-state index contributed by atoms with van der Waals surface area (Å²) in [4.78, 5) is 0. The zero-order valence-corrected chi connectivity index (χ0v) is 14.4. The van der Waals surface area contributed by atoms with Crippen LogP contribution in [0.25, 0.3) is 0 Å². The summed E-state index contributed by atoms with van der Waals surface area (Å²) in [5.41, 5.74) is 5.08. The highest BCUT2D eigenvalue weighted by Gasteiger charge is 2.17. The molecule has 0 saturated carbocycles. The van der Waals surface area contributed by atoms with Gasteiger partial charge in [-0.25, -0.2) is 0 Å². The third kappa shape index (κ3) is 3.86. The van der Waals surface area contributed by atoms with Crippen molar-refractivity contribution in [1.82, 2.24) is 0 Å². The first-order chi connectivity index (χ1) is 11.8. The number of rotatable bonds is 6. The molecule has 3 aromatic rings. The molecule has 3 rings (SSSR count). The molecular weight excluding hydrogens is 292 g/mol. The van der Waals surface area contributed by atoms with Crippen molar-refractivity contribution in [1.29, 1.82) is 0 Å². The molecule has 0 spiro atoms. The molecule has 24 heavy (non-hydrogen) atoms. The Balaban J connectivity index is 1.90. The van der Waals surface area contributed by atoms with Crippen LogP contribution in [0.2, 0.25) is 0 Å². The molecule has 3 aromatic carbocycles. The summed E-state index contributed by atoms with van der Waals surface area (Å²) in [6.45, 7) is 4.98. The van der Waals surface area contributed by atoms with Gasteiger partial charge in [0.1, 0.15) is 12.4 Å². The molecule has 0 aliphatic carbocycles. The first-order valence-corrected chi connectivity index (χ1v) is 8.60. The fraction of sp³-hybridized carbons (Fsp3) is 0.217. The van der Waals surface area contributed by atoms with Crippen molar-refractivity contribution in [3.05, 3.63) is 101 Å². The fourth-order valence-corrected chi connectivity index (χ4v) is 3.13. The highest BCUT2D eigenvalue weighted by molar-refractivity contribution is 5.44. The molecule has 122 valence electrons. The van der Waals surface area contributed by atoms with Crippen LogP contribution in [-0.2, 0) is 6.61 Å². The van der Waals surface area contributed by atoms with Gasteiger partial charge in [0.05, 0.1) is 0 Å². The van der Waals surface area contributed by atoms with E-state index in [1.165, 1.54) is 22.3 Å². The Bertz CT molecular complexity index is 763. The Hall–Kier alpha value is -2.54. The van der Waals surface area contributed by atoms with Gasteiger partial charge in [-0.05, 0) is 30.5 Å². The molecule has 0 unspecified atom stereocenters. The van der Waals surface area contributed by atoms with Crippen LogP contribution in [0.1, 0.15) is 41.5 Å². The third-order valence-electron chi connectivity index (χ3n) is 4.39. The van der Waals surface area contributed by atoms with Crippen molar-refractivity contribution in [3.63, 3.8) is 0 Å². The normalized spacial score (nSPS) is 11.9. The van der Waals surface area contributed by atoms with E-state index in [0.717, 1.165) is 12.2 Å². The van der Waals surface area contributed by atoms with Crippen molar-refractivity contribution in [2.45, 2.75) is 32.8 Å². The summed E-state index contributed by atoms with van der Waals surface area (Å²) >= 11 is 0. The van der Waals surface area contributed by atoms with Crippen molar-refractivity contribution in [3.8, 4) is 5.75 Å². The van der Waals surface area contributed by atoms with Crippen LogP contribution in [0.5, 0.6) is 5.75 Å². The maximum Gasteiger partial charge on any atom is 0.123 e. The van der Waals surface area contributed by atoms with E-state index in [-0.39, 0.29) is 0 Å². The second-order valence-corrected chi connectivity index (χ2v) is 6.19. The van der Waals surface area contributed by atoms with E-state index in [4.69, 9.17) is 4.74 Å². The van der Waals surface area contributed by atoms with Crippen LogP contribution in [0, 0.1) is 6.92 Å². The topological polar surface area (TPSA) is 9.23 Å². The quantitative estimate of drug-likeness (QED) is 0.532. The SMILES string of the molecule is CC[C@H](c1ccccc1)c1cc(C)ccc1OCc1ccccc1. The van der Waals surface area contributed by atoms with Gasteiger partial charge in [-0.1, -0.05) is 85.3 Å². The Kier molecular flexibility index (Phi) is 5.32. The molecule has 0 aliphatic rings. The Morgan fingerprint density at radius 1 is 0.833 bits per heavy atom. The van der Waals surface area contributed by atoms with E-state index in [2.05, 4.69) is 74.5 Å². The van der Waals surface area contributed by atoms with Crippen molar-refractivity contribution < 1.29 is 4.74 Å². The maximum absolute atomic E-state index is 6.18. The highest BCUT2D eigenvalue weighted by atomic mass is 16.5. The largest absolute Gasteiger partial charge is 0.489 e.